The van der Waals surface area contributed by atoms with Crippen LogP contribution in [0.25, 0.3) is 11.7 Å². The number of likely N-dealkylation sites (N-methyl/N-ethyl adjacent to an activating group) is 1. The van der Waals surface area contributed by atoms with Crippen LogP contribution in [0.4, 0.5) is 0 Å². The Bertz CT molecular complexity index is 1030. The molecule has 0 aliphatic heterocycles. The standard InChI is InChI=1S/C20H21ClN4O2/c1-13-11-22-15(14(2)19(13)27-4)12-24(3)18(26)9-8-16-20(21)23-17-7-5-6-10-25(16)17/h5-11H,12H2,1-4H3/b9-8-. The minimum atomic E-state index is -0.155. The van der Waals surface area contributed by atoms with E-state index >= 15 is 0 Å². The van der Waals surface area contributed by atoms with Crippen molar-refractivity contribution in [2.24, 2.45) is 0 Å². The van der Waals surface area contributed by atoms with E-state index in [4.69, 9.17) is 16.3 Å². The van der Waals surface area contributed by atoms with E-state index in [2.05, 4.69) is 9.97 Å². The molecule has 0 aromatic carbocycles. The monoisotopic (exact) mass is 384 g/mol. The molecule has 0 bridgehead atoms. The van der Waals surface area contributed by atoms with Gasteiger partial charge in [-0.25, -0.2) is 4.98 Å². The van der Waals surface area contributed by atoms with Crippen LogP contribution in [0.1, 0.15) is 22.5 Å². The van der Waals surface area contributed by atoms with Gasteiger partial charge in [0.25, 0.3) is 0 Å². The van der Waals surface area contributed by atoms with Gasteiger partial charge in [0.1, 0.15) is 11.4 Å². The minimum absolute atomic E-state index is 0.155. The summed E-state index contributed by atoms with van der Waals surface area (Å²) in [6.07, 6.45) is 6.78. The maximum absolute atomic E-state index is 12.5. The number of hydrogen-bond donors (Lipinski definition) is 0. The highest BCUT2D eigenvalue weighted by Crippen LogP contribution is 2.24. The second kappa shape index (κ2) is 7.80. The van der Waals surface area contributed by atoms with Crippen molar-refractivity contribution in [2.45, 2.75) is 20.4 Å². The van der Waals surface area contributed by atoms with Crippen molar-refractivity contribution >= 4 is 29.2 Å². The molecule has 7 heteroatoms. The van der Waals surface area contributed by atoms with Gasteiger partial charge in [0.2, 0.25) is 5.91 Å². The lowest BCUT2D eigenvalue weighted by atomic mass is 10.1. The third kappa shape index (κ3) is 3.80. The Hall–Kier alpha value is -2.86. The minimum Gasteiger partial charge on any atom is -0.496 e. The maximum Gasteiger partial charge on any atom is 0.246 e. The van der Waals surface area contributed by atoms with E-state index in [9.17, 15) is 4.79 Å². The van der Waals surface area contributed by atoms with Crippen molar-refractivity contribution in [3.63, 3.8) is 0 Å². The van der Waals surface area contributed by atoms with Crippen molar-refractivity contribution in [1.82, 2.24) is 19.3 Å². The van der Waals surface area contributed by atoms with Crippen LogP contribution in [-0.4, -0.2) is 39.3 Å². The number of aryl methyl sites for hydroxylation is 1. The van der Waals surface area contributed by atoms with Gasteiger partial charge in [-0.2, -0.15) is 0 Å². The molecule has 0 unspecified atom stereocenters. The maximum atomic E-state index is 12.5. The number of carbonyl (C=O) groups is 1. The van der Waals surface area contributed by atoms with Gasteiger partial charge in [-0.3, -0.25) is 14.2 Å². The molecule has 0 radical (unpaired) electrons. The molecule has 140 valence electrons. The first-order valence-corrected chi connectivity index (χ1v) is 8.85. The topological polar surface area (TPSA) is 59.7 Å². The van der Waals surface area contributed by atoms with Gasteiger partial charge in [-0.1, -0.05) is 17.7 Å². The number of aromatic nitrogens is 3. The number of carbonyl (C=O) groups excluding carboxylic acids is 1. The Morgan fingerprint density at radius 1 is 1.37 bits per heavy atom. The fourth-order valence-electron chi connectivity index (χ4n) is 2.95. The summed E-state index contributed by atoms with van der Waals surface area (Å²) >= 11 is 6.20. The van der Waals surface area contributed by atoms with Gasteiger partial charge in [-0.05, 0) is 32.1 Å². The van der Waals surface area contributed by atoms with E-state index in [1.54, 1.807) is 31.3 Å². The quantitative estimate of drug-likeness (QED) is 0.629. The molecule has 0 N–H and O–H groups in total. The number of hydrogen-bond acceptors (Lipinski definition) is 4. The van der Waals surface area contributed by atoms with Gasteiger partial charge in [0, 0.05) is 36.6 Å². The SMILES string of the molecule is COc1c(C)cnc(CN(C)C(=O)/C=C\c2c(Cl)nc3ccccn23)c1C. The summed E-state index contributed by atoms with van der Waals surface area (Å²) in [4.78, 5) is 22.8. The van der Waals surface area contributed by atoms with E-state index in [0.29, 0.717) is 17.4 Å². The van der Waals surface area contributed by atoms with E-state index < -0.39 is 0 Å². The fraction of sp³-hybridized carbons (Fsp3) is 0.250. The van der Waals surface area contributed by atoms with Crippen molar-refractivity contribution in [3.05, 3.63) is 64.3 Å². The number of ether oxygens (including phenoxy) is 1. The largest absolute Gasteiger partial charge is 0.496 e. The summed E-state index contributed by atoms with van der Waals surface area (Å²) in [6, 6.07) is 5.63. The molecule has 0 saturated heterocycles. The normalized spacial score (nSPS) is 11.3. The predicted octanol–water partition coefficient (Wildman–Crippen LogP) is 3.68. The molecular weight excluding hydrogens is 364 g/mol. The van der Waals surface area contributed by atoms with Crippen molar-refractivity contribution in [1.29, 1.82) is 0 Å². The van der Waals surface area contributed by atoms with Crippen LogP contribution in [-0.2, 0) is 11.3 Å². The highest BCUT2D eigenvalue weighted by molar-refractivity contribution is 6.31. The molecule has 0 aliphatic rings. The number of nitrogens with zero attached hydrogens (tertiary/aromatic N) is 4. The lowest BCUT2D eigenvalue weighted by Gasteiger charge is -2.18. The molecule has 0 saturated carbocycles. The smallest absolute Gasteiger partial charge is 0.246 e. The Balaban J connectivity index is 1.78. The number of rotatable bonds is 5. The first-order chi connectivity index (χ1) is 12.9. The summed E-state index contributed by atoms with van der Waals surface area (Å²) in [5.74, 6) is 0.645. The third-order valence-corrected chi connectivity index (χ3v) is 4.70. The van der Waals surface area contributed by atoms with Crippen LogP contribution in [0, 0.1) is 13.8 Å². The molecular formula is C20H21ClN4O2. The first kappa shape index (κ1) is 18.9. The van der Waals surface area contributed by atoms with Crippen LogP contribution in [0.5, 0.6) is 5.75 Å². The Morgan fingerprint density at radius 2 is 2.15 bits per heavy atom. The number of imidazole rings is 1. The summed E-state index contributed by atoms with van der Waals surface area (Å²) in [5.41, 5.74) is 4.10. The summed E-state index contributed by atoms with van der Waals surface area (Å²) in [7, 11) is 3.37. The zero-order valence-electron chi connectivity index (χ0n) is 15.7. The van der Waals surface area contributed by atoms with E-state index in [-0.39, 0.29) is 5.91 Å². The molecule has 0 aliphatic carbocycles. The molecule has 3 heterocycles. The average Bonchev–Trinajstić information content (AvgIpc) is 2.97. The lowest BCUT2D eigenvalue weighted by molar-refractivity contribution is -0.125. The fourth-order valence-corrected chi connectivity index (χ4v) is 3.19. The molecule has 27 heavy (non-hydrogen) atoms. The molecule has 0 spiro atoms. The van der Waals surface area contributed by atoms with Crippen LogP contribution >= 0.6 is 11.6 Å². The predicted molar refractivity (Wildman–Crippen MR) is 106 cm³/mol. The molecule has 1 amide bonds. The van der Waals surface area contributed by atoms with E-state index in [1.165, 1.54) is 6.08 Å². The molecule has 6 nitrogen and oxygen atoms in total. The number of halogens is 1. The van der Waals surface area contributed by atoms with Crippen LogP contribution in [0.3, 0.4) is 0 Å². The van der Waals surface area contributed by atoms with Crippen molar-refractivity contribution < 1.29 is 9.53 Å². The molecule has 0 fully saturated rings. The first-order valence-electron chi connectivity index (χ1n) is 8.47. The van der Waals surface area contributed by atoms with Crippen molar-refractivity contribution in [2.75, 3.05) is 14.2 Å². The molecule has 3 rings (SSSR count). The molecule has 3 aromatic rings. The van der Waals surface area contributed by atoms with Gasteiger partial charge < -0.3 is 9.64 Å². The van der Waals surface area contributed by atoms with E-state index in [1.807, 2.05) is 42.6 Å². The van der Waals surface area contributed by atoms with E-state index in [0.717, 1.165) is 28.2 Å². The van der Waals surface area contributed by atoms with Gasteiger partial charge in [0.15, 0.2) is 5.15 Å². The van der Waals surface area contributed by atoms with Gasteiger partial charge in [-0.15, -0.1) is 0 Å². The van der Waals surface area contributed by atoms with Crippen molar-refractivity contribution in [3.8, 4) is 5.75 Å². The third-order valence-electron chi connectivity index (χ3n) is 4.42. The second-order valence-corrected chi connectivity index (χ2v) is 6.65. The number of fused-ring (bicyclic) bond motifs is 1. The van der Waals surface area contributed by atoms with Gasteiger partial charge >= 0.3 is 0 Å². The lowest BCUT2D eigenvalue weighted by Crippen LogP contribution is -2.25. The Labute approximate surface area is 163 Å². The summed E-state index contributed by atoms with van der Waals surface area (Å²) < 4.78 is 7.26. The van der Waals surface area contributed by atoms with Crippen LogP contribution < -0.4 is 4.74 Å². The highest BCUT2D eigenvalue weighted by Gasteiger charge is 2.14. The number of methoxy groups -OCH3 is 1. The average molecular weight is 385 g/mol. The zero-order chi connectivity index (χ0) is 19.6. The van der Waals surface area contributed by atoms with Crippen LogP contribution in [0.2, 0.25) is 5.15 Å². The van der Waals surface area contributed by atoms with Gasteiger partial charge in [0.05, 0.1) is 25.0 Å². The highest BCUT2D eigenvalue weighted by atomic mass is 35.5. The second-order valence-electron chi connectivity index (χ2n) is 6.29. The number of pyridine rings is 2. The Kier molecular flexibility index (Phi) is 5.46. The summed E-state index contributed by atoms with van der Waals surface area (Å²) in [6.45, 7) is 4.27. The van der Waals surface area contributed by atoms with Crippen LogP contribution in [0.15, 0.2) is 36.7 Å². The molecule has 0 atom stereocenters. The zero-order valence-corrected chi connectivity index (χ0v) is 16.5. The number of amides is 1. The Morgan fingerprint density at radius 3 is 2.89 bits per heavy atom. The summed E-state index contributed by atoms with van der Waals surface area (Å²) in [5, 5.41) is 0.355. The molecule has 3 aromatic heterocycles.